The molecule has 0 radical (unpaired) electrons. The van der Waals surface area contributed by atoms with Gasteiger partial charge in [-0.25, -0.2) is 9.97 Å². The van der Waals surface area contributed by atoms with Crippen molar-refractivity contribution in [2.75, 3.05) is 0 Å². The average Bonchev–Trinajstić information content (AvgIpc) is 3.87. The highest BCUT2D eigenvalue weighted by Gasteiger charge is 2.27. The number of fused-ring (bicyclic) bond motifs is 12. The van der Waals surface area contributed by atoms with Gasteiger partial charge < -0.3 is 4.57 Å². The first kappa shape index (κ1) is 28.3. The lowest BCUT2D eigenvalue weighted by atomic mass is 10.0. The fourth-order valence-electron chi connectivity index (χ4n) is 7.98. The van der Waals surface area contributed by atoms with Crippen molar-refractivity contribution in [3.05, 3.63) is 170 Å². The predicted molar refractivity (Wildman–Crippen MR) is 214 cm³/mol. The van der Waals surface area contributed by atoms with E-state index in [2.05, 4.69) is 155 Å². The molecule has 5 heteroatoms. The van der Waals surface area contributed by atoms with Crippen LogP contribution in [0.25, 0.3) is 97.9 Å². The van der Waals surface area contributed by atoms with Crippen molar-refractivity contribution in [3.8, 4) is 34.2 Å². The van der Waals surface area contributed by atoms with Gasteiger partial charge in [-0.3, -0.25) is 4.57 Å². The zero-order chi connectivity index (χ0) is 33.5. The molecule has 0 spiro atoms. The molecular formula is C46H28N4S. The SMILES string of the molecule is c1ccc(-c2cc(-n3c4ccccc4c4c5c(c6ccccc6n5-c5ccccc5)c5sc6ccccc6c5c43)nc(-c3ccccc3)n2)cc1. The molecule has 0 unspecified atom stereocenters. The maximum atomic E-state index is 5.40. The zero-order valence-corrected chi connectivity index (χ0v) is 28.2. The molecule has 11 aromatic rings. The average molecular weight is 669 g/mol. The summed E-state index contributed by atoms with van der Waals surface area (Å²) >= 11 is 1.88. The third kappa shape index (κ3) is 4.13. The number of hydrogen-bond acceptors (Lipinski definition) is 3. The van der Waals surface area contributed by atoms with Crippen LogP contribution in [0, 0.1) is 0 Å². The highest BCUT2D eigenvalue weighted by Crippen LogP contribution is 2.51. The van der Waals surface area contributed by atoms with Gasteiger partial charge in [0.25, 0.3) is 0 Å². The third-order valence-corrected chi connectivity index (χ3v) is 11.3. The van der Waals surface area contributed by atoms with Crippen LogP contribution in [-0.4, -0.2) is 19.1 Å². The van der Waals surface area contributed by atoms with Crippen molar-refractivity contribution in [2.24, 2.45) is 0 Å². The van der Waals surface area contributed by atoms with Crippen LogP contribution in [0.1, 0.15) is 0 Å². The Morgan fingerprint density at radius 2 is 0.961 bits per heavy atom. The van der Waals surface area contributed by atoms with Gasteiger partial charge in [0.2, 0.25) is 0 Å². The van der Waals surface area contributed by atoms with E-state index in [4.69, 9.17) is 9.97 Å². The van der Waals surface area contributed by atoms with Gasteiger partial charge in [0.1, 0.15) is 5.82 Å². The van der Waals surface area contributed by atoms with E-state index in [-0.39, 0.29) is 0 Å². The molecule has 0 saturated heterocycles. The Morgan fingerprint density at radius 1 is 0.431 bits per heavy atom. The van der Waals surface area contributed by atoms with Crippen LogP contribution in [0.5, 0.6) is 0 Å². The Labute approximate surface area is 297 Å². The molecule has 0 atom stereocenters. The van der Waals surface area contributed by atoms with Gasteiger partial charge in [0, 0.05) is 64.6 Å². The minimum atomic E-state index is 0.698. The number of benzene rings is 7. The second-order valence-corrected chi connectivity index (χ2v) is 14.0. The van der Waals surface area contributed by atoms with Crippen LogP contribution in [0.4, 0.5) is 0 Å². The number of nitrogens with zero attached hydrogens (tertiary/aromatic N) is 4. The summed E-state index contributed by atoms with van der Waals surface area (Å²) in [6.45, 7) is 0. The molecular weight excluding hydrogens is 641 g/mol. The van der Waals surface area contributed by atoms with Crippen molar-refractivity contribution >= 4 is 75.1 Å². The van der Waals surface area contributed by atoms with Crippen LogP contribution in [0.3, 0.4) is 0 Å². The summed E-state index contributed by atoms with van der Waals surface area (Å²) in [4.78, 5) is 10.5. The van der Waals surface area contributed by atoms with Crippen molar-refractivity contribution in [3.63, 3.8) is 0 Å². The molecule has 238 valence electrons. The highest BCUT2D eigenvalue weighted by molar-refractivity contribution is 7.27. The smallest absolute Gasteiger partial charge is 0.162 e. The molecule has 11 rings (SSSR count). The summed E-state index contributed by atoms with van der Waals surface area (Å²) in [6, 6.07) is 60.2. The second-order valence-electron chi connectivity index (χ2n) is 13.0. The van der Waals surface area contributed by atoms with Crippen molar-refractivity contribution in [1.82, 2.24) is 19.1 Å². The van der Waals surface area contributed by atoms with Gasteiger partial charge in [0.05, 0.1) is 27.8 Å². The van der Waals surface area contributed by atoms with Gasteiger partial charge in [-0.15, -0.1) is 11.3 Å². The minimum absolute atomic E-state index is 0.698. The van der Waals surface area contributed by atoms with Crippen LogP contribution in [0.15, 0.2) is 170 Å². The molecule has 7 aromatic carbocycles. The Hall–Kier alpha value is -6.56. The number of thiophene rings is 1. The Balaban J connectivity index is 1.41. The first-order chi connectivity index (χ1) is 25.3. The molecule has 4 heterocycles. The van der Waals surface area contributed by atoms with Crippen LogP contribution in [-0.2, 0) is 0 Å². The summed E-state index contributed by atoms with van der Waals surface area (Å²) in [7, 11) is 0. The molecule has 0 aliphatic carbocycles. The van der Waals surface area contributed by atoms with Crippen molar-refractivity contribution in [1.29, 1.82) is 0 Å². The summed E-state index contributed by atoms with van der Waals surface area (Å²) in [5.74, 6) is 1.54. The molecule has 0 aliphatic rings. The fourth-order valence-corrected chi connectivity index (χ4v) is 9.25. The Bertz CT molecular complexity index is 3060. The first-order valence-electron chi connectivity index (χ1n) is 17.2. The van der Waals surface area contributed by atoms with E-state index in [0.717, 1.165) is 39.4 Å². The molecule has 0 aliphatic heterocycles. The number of hydrogen-bond donors (Lipinski definition) is 0. The number of para-hydroxylation sites is 3. The van der Waals surface area contributed by atoms with Crippen LogP contribution < -0.4 is 0 Å². The van der Waals surface area contributed by atoms with Gasteiger partial charge >= 0.3 is 0 Å². The summed E-state index contributed by atoms with van der Waals surface area (Å²) in [6.07, 6.45) is 0. The minimum Gasteiger partial charge on any atom is -0.308 e. The lowest BCUT2D eigenvalue weighted by molar-refractivity contribution is 1.05. The fraction of sp³-hybridized carbons (Fsp3) is 0. The molecule has 0 amide bonds. The van der Waals surface area contributed by atoms with E-state index in [0.29, 0.717) is 5.82 Å². The summed E-state index contributed by atoms with van der Waals surface area (Å²) < 4.78 is 7.43. The molecule has 51 heavy (non-hydrogen) atoms. The van der Waals surface area contributed by atoms with E-state index in [1.807, 2.05) is 35.6 Å². The molecule has 4 nitrogen and oxygen atoms in total. The second kappa shape index (κ2) is 11.0. The quantitative estimate of drug-likeness (QED) is 0.187. The monoisotopic (exact) mass is 668 g/mol. The Kier molecular flexibility index (Phi) is 6.09. The summed E-state index contributed by atoms with van der Waals surface area (Å²) in [5, 5.41) is 7.47. The van der Waals surface area contributed by atoms with E-state index >= 15 is 0 Å². The lowest BCUT2D eigenvalue weighted by Gasteiger charge is -2.13. The van der Waals surface area contributed by atoms with Crippen LogP contribution in [0.2, 0.25) is 0 Å². The van der Waals surface area contributed by atoms with Gasteiger partial charge in [-0.05, 0) is 30.3 Å². The molecule has 0 N–H and O–H groups in total. The maximum absolute atomic E-state index is 5.40. The van der Waals surface area contributed by atoms with Crippen molar-refractivity contribution in [2.45, 2.75) is 0 Å². The van der Waals surface area contributed by atoms with Gasteiger partial charge in [0.15, 0.2) is 5.82 Å². The zero-order valence-electron chi connectivity index (χ0n) is 27.4. The molecule has 0 fully saturated rings. The van der Waals surface area contributed by atoms with Crippen LogP contribution >= 0.6 is 11.3 Å². The summed E-state index contributed by atoms with van der Waals surface area (Å²) in [5.41, 5.74) is 8.74. The number of rotatable bonds is 4. The topological polar surface area (TPSA) is 35.6 Å². The van der Waals surface area contributed by atoms with Gasteiger partial charge in [-0.1, -0.05) is 133 Å². The molecule has 4 aromatic heterocycles. The van der Waals surface area contributed by atoms with E-state index in [1.165, 1.54) is 52.8 Å². The maximum Gasteiger partial charge on any atom is 0.162 e. The normalized spacial score (nSPS) is 11.9. The van der Waals surface area contributed by atoms with E-state index in [1.54, 1.807) is 0 Å². The number of aromatic nitrogens is 4. The largest absolute Gasteiger partial charge is 0.308 e. The predicted octanol–water partition coefficient (Wildman–Crippen LogP) is 12.4. The standard InChI is InChI=1S/C46H28N4S/c1-4-16-29(17-5-1)35-28-39(48-46(47-35)30-18-6-2-7-19-30)50-37-26-14-10-22-32(37)40-43-41(45-42(44(40)50)34-24-12-15-27-38(34)51-45)33-23-11-13-25-36(33)49(43)31-20-8-3-9-21-31/h1-28H. The lowest BCUT2D eigenvalue weighted by Crippen LogP contribution is -2.03. The van der Waals surface area contributed by atoms with Crippen molar-refractivity contribution < 1.29 is 0 Å². The first-order valence-corrected chi connectivity index (χ1v) is 18.0. The Morgan fingerprint density at radius 3 is 1.69 bits per heavy atom. The van der Waals surface area contributed by atoms with E-state index < -0.39 is 0 Å². The highest BCUT2D eigenvalue weighted by atomic mass is 32.1. The third-order valence-electron chi connectivity index (χ3n) is 10.1. The van der Waals surface area contributed by atoms with E-state index in [9.17, 15) is 0 Å². The molecule has 0 saturated carbocycles. The molecule has 0 bridgehead atoms. The van der Waals surface area contributed by atoms with Gasteiger partial charge in [-0.2, -0.15) is 0 Å².